The summed E-state index contributed by atoms with van der Waals surface area (Å²) in [6, 6.07) is -0.216. The van der Waals surface area contributed by atoms with Crippen LogP contribution in [0.25, 0.3) is 0 Å². The molecule has 1 aliphatic heterocycles. The fraction of sp³-hybridized carbons (Fsp3) is 0.556. The number of nitrogens with zero attached hydrogens (tertiary/aromatic N) is 1. The summed E-state index contributed by atoms with van der Waals surface area (Å²) >= 11 is 0. The van der Waals surface area contributed by atoms with Crippen LogP contribution in [0.3, 0.4) is 0 Å². The minimum atomic E-state index is -0.216. The van der Waals surface area contributed by atoms with Crippen LogP contribution in [-0.4, -0.2) is 18.3 Å². The number of hydrogen-bond acceptors (Lipinski definition) is 1. The summed E-state index contributed by atoms with van der Waals surface area (Å²) in [7, 11) is 0. The van der Waals surface area contributed by atoms with Crippen LogP contribution in [0, 0.1) is 0 Å². The molecule has 66 valence electrons. The van der Waals surface area contributed by atoms with Gasteiger partial charge in [0.1, 0.15) is 0 Å². The molecule has 0 aromatic rings. The molecule has 0 fully saturated rings. The molecule has 3 nitrogen and oxygen atoms in total. The van der Waals surface area contributed by atoms with Crippen molar-refractivity contribution in [3.63, 3.8) is 0 Å². The standard InChI is InChI=1S/C9H14N2O/c1-3-7-5-8(4-2)11-9(12)10-6-7/h5H,3-4,6H2,1-2H3,(H,10,12). The summed E-state index contributed by atoms with van der Waals surface area (Å²) in [5, 5.41) is 2.72. The maximum Gasteiger partial charge on any atom is 0.341 e. The smallest absolute Gasteiger partial charge is 0.332 e. The molecule has 0 atom stereocenters. The Morgan fingerprint density at radius 1 is 1.50 bits per heavy atom. The van der Waals surface area contributed by atoms with Crippen LogP contribution in [0.1, 0.15) is 26.7 Å². The van der Waals surface area contributed by atoms with Gasteiger partial charge in [0.2, 0.25) is 0 Å². The van der Waals surface area contributed by atoms with E-state index in [9.17, 15) is 4.79 Å². The van der Waals surface area contributed by atoms with E-state index >= 15 is 0 Å². The Hall–Kier alpha value is -1.12. The van der Waals surface area contributed by atoms with Crippen LogP contribution in [0.2, 0.25) is 0 Å². The third-order valence-electron chi connectivity index (χ3n) is 1.90. The molecule has 0 bridgehead atoms. The molecule has 0 aromatic heterocycles. The molecule has 0 aromatic carbocycles. The van der Waals surface area contributed by atoms with Crippen molar-refractivity contribution in [3.05, 3.63) is 11.6 Å². The Morgan fingerprint density at radius 3 is 2.83 bits per heavy atom. The van der Waals surface area contributed by atoms with E-state index < -0.39 is 0 Å². The highest BCUT2D eigenvalue weighted by molar-refractivity contribution is 6.03. The molecule has 0 spiro atoms. The van der Waals surface area contributed by atoms with Gasteiger partial charge in [0, 0.05) is 12.3 Å². The SMILES string of the molecule is CCC1=CC(CC)=NC(=O)NC1. The molecule has 0 radical (unpaired) electrons. The van der Waals surface area contributed by atoms with Crippen LogP contribution in [-0.2, 0) is 0 Å². The van der Waals surface area contributed by atoms with Gasteiger partial charge in [-0.3, -0.25) is 0 Å². The monoisotopic (exact) mass is 166 g/mol. The predicted molar refractivity (Wildman–Crippen MR) is 49.5 cm³/mol. The van der Waals surface area contributed by atoms with Crippen molar-refractivity contribution in [2.24, 2.45) is 4.99 Å². The Kier molecular flexibility index (Phi) is 3.02. The van der Waals surface area contributed by atoms with Crippen molar-refractivity contribution in [3.8, 4) is 0 Å². The summed E-state index contributed by atoms with van der Waals surface area (Å²) in [6.07, 6.45) is 3.80. The first-order valence-corrected chi connectivity index (χ1v) is 4.31. The Bertz CT molecular complexity index is 241. The van der Waals surface area contributed by atoms with Crippen molar-refractivity contribution < 1.29 is 4.79 Å². The van der Waals surface area contributed by atoms with E-state index in [-0.39, 0.29) is 6.03 Å². The fourth-order valence-electron chi connectivity index (χ4n) is 1.09. The number of hydrogen-bond donors (Lipinski definition) is 1. The average molecular weight is 166 g/mol. The van der Waals surface area contributed by atoms with Gasteiger partial charge in [0.15, 0.2) is 0 Å². The zero-order valence-corrected chi connectivity index (χ0v) is 7.55. The highest BCUT2D eigenvalue weighted by Gasteiger charge is 2.06. The minimum Gasteiger partial charge on any atom is -0.332 e. The van der Waals surface area contributed by atoms with Gasteiger partial charge in [-0.15, -0.1) is 0 Å². The summed E-state index contributed by atoms with van der Waals surface area (Å²) < 4.78 is 0. The topological polar surface area (TPSA) is 41.5 Å². The molecular formula is C9H14N2O. The van der Waals surface area contributed by atoms with Crippen LogP contribution >= 0.6 is 0 Å². The molecule has 12 heavy (non-hydrogen) atoms. The number of amides is 2. The molecule has 0 aliphatic carbocycles. The van der Waals surface area contributed by atoms with Crippen molar-refractivity contribution >= 4 is 11.7 Å². The molecule has 0 unspecified atom stereocenters. The Balaban J connectivity index is 2.81. The average Bonchev–Trinajstić information content (AvgIpc) is 2.26. The van der Waals surface area contributed by atoms with Crippen molar-refractivity contribution in [1.29, 1.82) is 0 Å². The molecule has 2 amide bonds. The van der Waals surface area contributed by atoms with Gasteiger partial charge < -0.3 is 5.32 Å². The molecule has 1 rings (SSSR count). The largest absolute Gasteiger partial charge is 0.341 e. The second kappa shape index (κ2) is 4.04. The third-order valence-corrected chi connectivity index (χ3v) is 1.90. The fourth-order valence-corrected chi connectivity index (χ4v) is 1.09. The summed E-state index contributed by atoms with van der Waals surface area (Å²) in [5.41, 5.74) is 2.11. The number of urea groups is 1. The number of aliphatic imine (C=N–C) groups is 1. The quantitative estimate of drug-likeness (QED) is 0.668. The molecule has 0 saturated heterocycles. The molecule has 3 heteroatoms. The van der Waals surface area contributed by atoms with Crippen LogP contribution in [0.5, 0.6) is 0 Å². The summed E-state index contributed by atoms with van der Waals surface area (Å²) in [5.74, 6) is 0. The molecule has 0 saturated carbocycles. The van der Waals surface area contributed by atoms with Crippen molar-refractivity contribution in [2.75, 3.05) is 6.54 Å². The van der Waals surface area contributed by atoms with Crippen molar-refractivity contribution in [1.82, 2.24) is 5.32 Å². The number of nitrogens with one attached hydrogen (secondary N) is 1. The highest BCUT2D eigenvalue weighted by atomic mass is 16.2. The highest BCUT2D eigenvalue weighted by Crippen LogP contribution is 2.04. The second-order valence-corrected chi connectivity index (χ2v) is 2.77. The van der Waals surface area contributed by atoms with Gasteiger partial charge in [-0.25, -0.2) is 4.79 Å². The van der Waals surface area contributed by atoms with Crippen molar-refractivity contribution in [2.45, 2.75) is 26.7 Å². The summed E-state index contributed by atoms with van der Waals surface area (Å²) in [6.45, 7) is 4.72. The molecular weight excluding hydrogens is 152 g/mol. The van der Waals surface area contributed by atoms with E-state index in [1.54, 1.807) is 0 Å². The van der Waals surface area contributed by atoms with E-state index in [1.165, 1.54) is 5.57 Å². The van der Waals surface area contributed by atoms with Gasteiger partial charge in [-0.1, -0.05) is 13.8 Å². The Morgan fingerprint density at radius 2 is 2.25 bits per heavy atom. The maximum atomic E-state index is 11.0. The Labute approximate surface area is 72.6 Å². The number of rotatable bonds is 2. The number of carbonyl (C=O) groups is 1. The zero-order valence-electron chi connectivity index (χ0n) is 7.55. The van der Waals surface area contributed by atoms with E-state index in [0.717, 1.165) is 18.6 Å². The molecule has 1 N–H and O–H groups in total. The molecule has 1 aliphatic rings. The van der Waals surface area contributed by atoms with Crippen LogP contribution in [0.15, 0.2) is 16.6 Å². The normalized spacial score (nSPS) is 17.7. The van der Waals surface area contributed by atoms with E-state index in [4.69, 9.17) is 0 Å². The van der Waals surface area contributed by atoms with Gasteiger partial charge in [-0.2, -0.15) is 4.99 Å². The van der Waals surface area contributed by atoms with Gasteiger partial charge >= 0.3 is 6.03 Å². The van der Waals surface area contributed by atoms with Crippen LogP contribution < -0.4 is 5.32 Å². The lowest BCUT2D eigenvalue weighted by Crippen LogP contribution is -2.20. The minimum absolute atomic E-state index is 0.216. The molecule has 1 heterocycles. The summed E-state index contributed by atoms with van der Waals surface area (Å²) in [4.78, 5) is 14.9. The van der Waals surface area contributed by atoms with Gasteiger partial charge in [0.25, 0.3) is 0 Å². The zero-order chi connectivity index (χ0) is 8.97. The van der Waals surface area contributed by atoms with E-state index in [2.05, 4.69) is 17.2 Å². The second-order valence-electron chi connectivity index (χ2n) is 2.77. The van der Waals surface area contributed by atoms with E-state index in [0.29, 0.717) is 6.54 Å². The van der Waals surface area contributed by atoms with Gasteiger partial charge in [0.05, 0.1) is 0 Å². The first-order chi connectivity index (χ1) is 5.76. The predicted octanol–water partition coefficient (Wildman–Crippen LogP) is 1.90. The van der Waals surface area contributed by atoms with Crippen LogP contribution in [0.4, 0.5) is 4.79 Å². The van der Waals surface area contributed by atoms with E-state index in [1.807, 2.05) is 13.0 Å². The lowest BCUT2D eigenvalue weighted by molar-refractivity contribution is 0.250. The number of carbonyl (C=O) groups excluding carboxylic acids is 1. The first-order valence-electron chi connectivity index (χ1n) is 4.31. The lowest BCUT2D eigenvalue weighted by Gasteiger charge is -2.00. The first kappa shape index (κ1) is 8.97. The number of allylic oxidation sites excluding steroid dienone is 1. The third kappa shape index (κ3) is 2.19. The maximum absolute atomic E-state index is 11.0. The lowest BCUT2D eigenvalue weighted by atomic mass is 10.1. The van der Waals surface area contributed by atoms with Gasteiger partial charge in [-0.05, 0) is 24.5 Å².